The Kier molecular flexibility index (Phi) is 7.93. The minimum absolute atomic E-state index is 0.345. The van der Waals surface area contributed by atoms with Gasteiger partial charge >= 0.3 is 6.36 Å². The zero-order valence-electron chi connectivity index (χ0n) is 10.5. The van der Waals surface area contributed by atoms with Crippen molar-refractivity contribution in [3.05, 3.63) is 35.9 Å². The van der Waals surface area contributed by atoms with E-state index < -0.39 is 6.36 Å². The van der Waals surface area contributed by atoms with Crippen molar-refractivity contribution >= 4 is 12.0 Å². The summed E-state index contributed by atoms with van der Waals surface area (Å²) < 4.78 is 44.0. The van der Waals surface area contributed by atoms with Crippen LogP contribution < -0.4 is 0 Å². The molecule has 108 valence electrons. The molecule has 0 saturated heterocycles. The first-order valence-electron chi connectivity index (χ1n) is 6.07. The van der Waals surface area contributed by atoms with Crippen molar-refractivity contribution in [3.63, 3.8) is 0 Å². The Balaban J connectivity index is 1.87. The lowest BCUT2D eigenvalue weighted by Gasteiger charge is -2.06. The van der Waals surface area contributed by atoms with E-state index in [4.69, 9.17) is 4.74 Å². The number of hydrogen-bond acceptors (Lipinski definition) is 3. The van der Waals surface area contributed by atoms with Crippen molar-refractivity contribution in [2.24, 2.45) is 0 Å². The summed E-state index contributed by atoms with van der Waals surface area (Å²) in [5.41, 5.74) is 1.12. The lowest BCUT2D eigenvalue weighted by Crippen LogP contribution is -2.08. The normalized spacial score (nSPS) is 11.7. The molecule has 0 heterocycles. The highest BCUT2D eigenvalue weighted by atomic mass is 32.2. The summed E-state index contributed by atoms with van der Waals surface area (Å²) >= 11 is 0.455. The van der Waals surface area contributed by atoms with E-state index in [1.807, 2.05) is 30.3 Å². The van der Waals surface area contributed by atoms with Crippen LogP contribution in [0.3, 0.4) is 0 Å². The first-order valence-corrected chi connectivity index (χ1v) is 6.98. The van der Waals surface area contributed by atoms with Gasteiger partial charge < -0.3 is 4.74 Å². The first-order chi connectivity index (χ1) is 9.08. The number of benzene rings is 1. The average Bonchev–Trinajstić information content (AvgIpc) is 2.37. The quantitative estimate of drug-likeness (QED) is 0.491. The van der Waals surface area contributed by atoms with Gasteiger partial charge in [0.2, 0.25) is 0 Å². The molecule has 0 aliphatic carbocycles. The van der Waals surface area contributed by atoms with E-state index in [-0.39, 0.29) is 0 Å². The molecule has 0 spiro atoms. The van der Waals surface area contributed by atoms with Crippen LogP contribution in [0.25, 0.3) is 0 Å². The lowest BCUT2D eigenvalue weighted by molar-refractivity contribution is -0.266. The second-order valence-corrected chi connectivity index (χ2v) is 4.76. The molecule has 0 radical (unpaired) electrons. The molecule has 0 aliphatic rings. The molecule has 0 atom stereocenters. The topological polar surface area (TPSA) is 18.5 Å². The molecule has 1 aromatic carbocycles. The highest BCUT2D eigenvalue weighted by Gasteiger charge is 2.29. The van der Waals surface area contributed by atoms with E-state index in [0.717, 1.165) is 18.4 Å². The summed E-state index contributed by atoms with van der Waals surface area (Å²) in [6.07, 6.45) is -2.17. The smallest absolute Gasteiger partial charge is 0.377 e. The van der Waals surface area contributed by atoms with E-state index in [2.05, 4.69) is 4.18 Å². The van der Waals surface area contributed by atoms with Crippen LogP contribution in [0.4, 0.5) is 13.2 Å². The molecule has 0 bridgehead atoms. The van der Waals surface area contributed by atoms with Crippen molar-refractivity contribution in [2.45, 2.75) is 32.2 Å². The lowest BCUT2D eigenvalue weighted by atomic mass is 10.2. The molecule has 2 nitrogen and oxygen atoms in total. The number of unbranched alkanes of at least 4 members (excludes halogenated alkanes) is 2. The molecule has 0 N–H and O–H groups in total. The molecule has 0 fully saturated rings. The Morgan fingerprint density at radius 2 is 1.74 bits per heavy atom. The van der Waals surface area contributed by atoms with Crippen molar-refractivity contribution in [2.75, 3.05) is 12.4 Å². The van der Waals surface area contributed by atoms with Gasteiger partial charge in [-0.15, -0.1) is 13.2 Å². The van der Waals surface area contributed by atoms with Crippen LogP contribution in [0.2, 0.25) is 0 Å². The monoisotopic (exact) mass is 294 g/mol. The fraction of sp³-hybridized carbons (Fsp3) is 0.538. The summed E-state index contributed by atoms with van der Waals surface area (Å²) in [5.74, 6) is 0.345. The Morgan fingerprint density at radius 1 is 1.00 bits per heavy atom. The highest BCUT2D eigenvalue weighted by molar-refractivity contribution is 7.94. The maximum atomic E-state index is 11.6. The zero-order valence-corrected chi connectivity index (χ0v) is 11.3. The average molecular weight is 294 g/mol. The Hall–Kier alpha value is -0.720. The van der Waals surface area contributed by atoms with Crippen LogP contribution in [0.15, 0.2) is 30.3 Å². The fourth-order valence-electron chi connectivity index (χ4n) is 1.41. The number of hydrogen-bond donors (Lipinski definition) is 0. The van der Waals surface area contributed by atoms with Gasteiger partial charge in [0.1, 0.15) is 0 Å². The predicted molar refractivity (Wildman–Crippen MR) is 69.5 cm³/mol. The molecule has 0 aromatic heterocycles. The maximum Gasteiger partial charge on any atom is 0.533 e. The number of alkyl halides is 3. The third-order valence-electron chi connectivity index (χ3n) is 2.28. The van der Waals surface area contributed by atoms with Gasteiger partial charge in [0.25, 0.3) is 0 Å². The summed E-state index contributed by atoms with van der Waals surface area (Å²) in [7, 11) is 0. The maximum absolute atomic E-state index is 11.6. The number of ether oxygens (including phenoxy) is 1. The summed E-state index contributed by atoms with van der Waals surface area (Å²) in [5, 5.41) is 0. The van der Waals surface area contributed by atoms with E-state index in [1.54, 1.807) is 0 Å². The molecule has 6 heteroatoms. The largest absolute Gasteiger partial charge is 0.533 e. The zero-order chi connectivity index (χ0) is 14.0. The van der Waals surface area contributed by atoms with Gasteiger partial charge in [-0.2, -0.15) is 0 Å². The van der Waals surface area contributed by atoms with Gasteiger partial charge in [-0.25, -0.2) is 4.18 Å². The number of halogens is 3. The molecule has 1 aromatic rings. The van der Waals surface area contributed by atoms with Gasteiger partial charge in [-0.1, -0.05) is 36.8 Å². The number of rotatable bonds is 9. The van der Waals surface area contributed by atoms with Crippen LogP contribution in [0.1, 0.15) is 24.8 Å². The van der Waals surface area contributed by atoms with Crippen LogP contribution in [-0.4, -0.2) is 18.7 Å². The Labute approximate surface area is 115 Å². The van der Waals surface area contributed by atoms with Crippen LogP contribution in [0, 0.1) is 0 Å². The van der Waals surface area contributed by atoms with Gasteiger partial charge in [0.15, 0.2) is 0 Å². The Bertz CT molecular complexity index is 330. The van der Waals surface area contributed by atoms with Crippen molar-refractivity contribution < 1.29 is 22.1 Å². The van der Waals surface area contributed by atoms with Gasteiger partial charge in [0, 0.05) is 24.4 Å². The molecule has 1 rings (SSSR count). The molecular formula is C13H17F3O2S. The molecular weight excluding hydrogens is 277 g/mol. The Morgan fingerprint density at radius 3 is 2.42 bits per heavy atom. The second-order valence-electron chi connectivity index (χ2n) is 3.95. The highest BCUT2D eigenvalue weighted by Crippen LogP contribution is 2.23. The summed E-state index contributed by atoms with van der Waals surface area (Å²) in [6, 6.07) is 9.84. The first kappa shape index (κ1) is 16.3. The van der Waals surface area contributed by atoms with Crippen molar-refractivity contribution in [1.82, 2.24) is 0 Å². The summed E-state index contributed by atoms with van der Waals surface area (Å²) in [4.78, 5) is 0. The molecule has 19 heavy (non-hydrogen) atoms. The van der Waals surface area contributed by atoms with Gasteiger partial charge in [0.05, 0.1) is 6.61 Å². The van der Waals surface area contributed by atoms with Crippen LogP contribution in [0.5, 0.6) is 0 Å². The van der Waals surface area contributed by atoms with Crippen molar-refractivity contribution in [1.29, 1.82) is 0 Å². The summed E-state index contributed by atoms with van der Waals surface area (Å²) in [6.45, 7) is 1.20. The molecule has 0 aliphatic heterocycles. The molecule has 0 amide bonds. The SMILES string of the molecule is FC(F)(F)OSCCCCCOCc1ccccc1. The van der Waals surface area contributed by atoms with E-state index in [1.165, 1.54) is 0 Å². The van der Waals surface area contributed by atoms with Gasteiger partial charge in [-0.05, 0) is 18.4 Å². The van der Waals surface area contributed by atoms with E-state index in [9.17, 15) is 13.2 Å². The second kappa shape index (κ2) is 9.23. The van der Waals surface area contributed by atoms with Gasteiger partial charge in [-0.3, -0.25) is 0 Å². The fourth-order valence-corrected chi connectivity index (χ4v) is 1.95. The minimum atomic E-state index is -4.54. The van der Waals surface area contributed by atoms with Crippen LogP contribution in [-0.2, 0) is 15.5 Å². The van der Waals surface area contributed by atoms with Crippen LogP contribution >= 0.6 is 12.0 Å². The molecule has 0 unspecified atom stereocenters. The third-order valence-corrected chi connectivity index (χ3v) is 3.04. The van der Waals surface area contributed by atoms with Crippen molar-refractivity contribution in [3.8, 4) is 0 Å². The predicted octanol–water partition coefficient (Wildman–Crippen LogP) is 4.56. The van der Waals surface area contributed by atoms with E-state index >= 15 is 0 Å². The third kappa shape index (κ3) is 9.81. The standard InChI is InChI=1S/C13H17F3O2S/c14-13(15,16)18-19-10-6-2-5-9-17-11-12-7-3-1-4-8-12/h1,3-4,7-8H,2,5-6,9-11H2. The minimum Gasteiger partial charge on any atom is -0.377 e. The molecule has 0 saturated carbocycles. The van der Waals surface area contributed by atoms with E-state index in [0.29, 0.717) is 37.4 Å².